The van der Waals surface area contributed by atoms with Crippen LogP contribution in [0.4, 0.5) is 15.3 Å². The van der Waals surface area contributed by atoms with Gasteiger partial charge in [0, 0.05) is 48.3 Å². The number of nitrogens with zero attached hydrogens (tertiary/aromatic N) is 4. The molecule has 2 saturated carbocycles. The monoisotopic (exact) mass is 553 g/mol. The number of benzene rings is 1. The van der Waals surface area contributed by atoms with Gasteiger partial charge >= 0.3 is 12.1 Å². The van der Waals surface area contributed by atoms with E-state index >= 15 is 0 Å². The summed E-state index contributed by atoms with van der Waals surface area (Å²) in [4.78, 5) is 52.3. The molecule has 5 aliphatic rings. The van der Waals surface area contributed by atoms with Crippen molar-refractivity contribution in [3.05, 3.63) is 23.9 Å². The van der Waals surface area contributed by atoms with E-state index in [0.29, 0.717) is 29.2 Å². The Balaban J connectivity index is 0.00000103. The highest BCUT2D eigenvalue weighted by molar-refractivity contribution is 6.08. The van der Waals surface area contributed by atoms with E-state index in [4.69, 9.17) is 9.90 Å². The molecule has 40 heavy (non-hydrogen) atoms. The van der Waals surface area contributed by atoms with E-state index in [1.54, 1.807) is 18.2 Å². The number of amides is 4. The first-order valence-corrected chi connectivity index (χ1v) is 14.4. The van der Waals surface area contributed by atoms with E-state index in [9.17, 15) is 14.4 Å². The smallest absolute Gasteiger partial charge is 0.342 e. The molecule has 2 atom stereocenters. The molecule has 12 heteroatoms. The van der Waals surface area contributed by atoms with Crippen LogP contribution in [-0.2, 0) is 4.79 Å². The number of aromatic nitrogens is 2. The van der Waals surface area contributed by atoms with Gasteiger partial charge in [-0.1, -0.05) is 25.7 Å². The first-order chi connectivity index (χ1) is 19.4. The minimum Gasteiger partial charge on any atom is -0.483 e. The number of likely N-dealkylation sites (N-methyl/N-ethyl adjacent to an activating group) is 1. The molecule has 0 radical (unpaired) electrons. The van der Waals surface area contributed by atoms with Gasteiger partial charge in [-0.2, -0.15) is 9.78 Å². The molecular weight excluding hydrogens is 514 g/mol. The van der Waals surface area contributed by atoms with Crippen LogP contribution < -0.4 is 16.0 Å². The van der Waals surface area contributed by atoms with Crippen molar-refractivity contribution in [2.45, 2.75) is 88.4 Å². The topological polar surface area (TPSA) is 149 Å². The molecule has 3 aliphatic heterocycles. The largest absolute Gasteiger partial charge is 0.483 e. The fourth-order valence-electron chi connectivity index (χ4n) is 6.66. The first kappa shape index (κ1) is 27.9. The highest BCUT2D eigenvalue weighted by Crippen LogP contribution is 2.31. The molecule has 2 aromatic rings. The molecule has 2 unspecified atom stereocenters. The molecule has 7 rings (SSSR count). The Labute approximate surface area is 233 Å². The molecule has 1 aromatic heterocycles. The molecule has 216 valence electrons. The molecule has 4 amide bonds. The number of urea groups is 1. The summed E-state index contributed by atoms with van der Waals surface area (Å²) < 4.78 is 1.33. The fourth-order valence-corrected chi connectivity index (χ4v) is 6.66. The summed E-state index contributed by atoms with van der Waals surface area (Å²) >= 11 is 0. The maximum atomic E-state index is 13.9. The highest BCUT2D eigenvalue weighted by Gasteiger charge is 2.41. The van der Waals surface area contributed by atoms with Crippen molar-refractivity contribution in [1.82, 2.24) is 30.2 Å². The molecule has 5 fully saturated rings. The lowest BCUT2D eigenvalue weighted by Crippen LogP contribution is -2.62. The zero-order valence-corrected chi connectivity index (χ0v) is 23.0. The Hall–Kier alpha value is -3.67. The van der Waals surface area contributed by atoms with E-state index in [1.807, 2.05) is 4.90 Å². The van der Waals surface area contributed by atoms with Gasteiger partial charge in [-0.3, -0.25) is 14.5 Å². The number of piperazine rings is 1. The maximum Gasteiger partial charge on any atom is 0.342 e. The lowest BCUT2D eigenvalue weighted by Gasteiger charge is -2.50. The van der Waals surface area contributed by atoms with Crippen molar-refractivity contribution in [1.29, 1.82) is 0 Å². The van der Waals surface area contributed by atoms with Crippen LogP contribution in [0.3, 0.4) is 0 Å². The number of piperidine rings is 2. The predicted molar refractivity (Wildman–Crippen MR) is 149 cm³/mol. The second kappa shape index (κ2) is 12.2. The number of fused-ring (bicyclic) bond motifs is 4. The van der Waals surface area contributed by atoms with Gasteiger partial charge in [0.25, 0.3) is 12.4 Å². The van der Waals surface area contributed by atoms with Crippen molar-refractivity contribution in [3.8, 4) is 0 Å². The molecule has 12 nitrogen and oxygen atoms in total. The lowest BCUT2D eigenvalue weighted by molar-refractivity contribution is -0.122. The van der Waals surface area contributed by atoms with E-state index < -0.39 is 0 Å². The summed E-state index contributed by atoms with van der Waals surface area (Å²) in [6.07, 6.45) is 10.5. The van der Waals surface area contributed by atoms with Crippen LogP contribution in [0.1, 0.15) is 74.7 Å². The molecule has 3 saturated heterocycles. The summed E-state index contributed by atoms with van der Waals surface area (Å²) in [7, 11) is 2.12. The minimum atomic E-state index is -0.310. The molecule has 2 bridgehead atoms. The molecule has 2 aliphatic carbocycles. The second-order valence-electron chi connectivity index (χ2n) is 11.4. The van der Waals surface area contributed by atoms with Crippen LogP contribution in [0.5, 0.6) is 0 Å². The number of anilines is 1. The summed E-state index contributed by atoms with van der Waals surface area (Å²) in [6, 6.07) is 5.60. The third-order valence-electron chi connectivity index (χ3n) is 8.77. The Morgan fingerprint density at radius 3 is 2.15 bits per heavy atom. The maximum absolute atomic E-state index is 13.9. The SMILES string of the molecule is CN1CC2CCC1CN2C(=O)c1nn(C(=O)NC2CCCC2)c2ccc(NC(=O)NC3CCCC3)cc12.O=CO. The third kappa shape index (κ3) is 5.91. The Morgan fingerprint density at radius 1 is 0.925 bits per heavy atom. The zero-order chi connectivity index (χ0) is 28.2. The van der Waals surface area contributed by atoms with Gasteiger partial charge in [0.05, 0.1) is 5.52 Å². The predicted octanol–water partition coefficient (Wildman–Crippen LogP) is 3.22. The van der Waals surface area contributed by atoms with E-state index in [-0.39, 0.29) is 48.3 Å². The average molecular weight is 554 g/mol. The fraction of sp³-hybridized carbons (Fsp3) is 0.607. The van der Waals surface area contributed by atoms with Crippen LogP contribution in [0.2, 0.25) is 0 Å². The molecule has 1 aromatic carbocycles. The molecular formula is C28H39N7O5. The summed E-state index contributed by atoms with van der Waals surface area (Å²) in [5.74, 6) is -0.146. The van der Waals surface area contributed by atoms with Gasteiger partial charge in [0.2, 0.25) is 0 Å². The third-order valence-corrected chi connectivity index (χ3v) is 8.77. The Morgan fingerprint density at radius 2 is 1.55 bits per heavy atom. The number of nitrogens with one attached hydrogen (secondary N) is 3. The lowest BCUT2D eigenvalue weighted by atomic mass is 9.91. The van der Waals surface area contributed by atoms with Gasteiger partial charge in [0.1, 0.15) is 0 Å². The van der Waals surface area contributed by atoms with Crippen LogP contribution in [-0.4, -0.2) is 93.4 Å². The van der Waals surface area contributed by atoms with Gasteiger partial charge in [-0.25, -0.2) is 9.59 Å². The van der Waals surface area contributed by atoms with Crippen molar-refractivity contribution in [2.24, 2.45) is 0 Å². The summed E-state index contributed by atoms with van der Waals surface area (Å²) in [5.41, 5.74) is 1.42. The first-order valence-electron chi connectivity index (χ1n) is 14.4. The zero-order valence-electron chi connectivity index (χ0n) is 23.0. The van der Waals surface area contributed by atoms with Crippen LogP contribution in [0.25, 0.3) is 10.9 Å². The minimum absolute atomic E-state index is 0.138. The van der Waals surface area contributed by atoms with Gasteiger partial charge in [-0.15, -0.1) is 0 Å². The van der Waals surface area contributed by atoms with Gasteiger partial charge < -0.3 is 26.0 Å². The summed E-state index contributed by atoms with van der Waals surface area (Å²) in [6.45, 7) is 1.27. The quantitative estimate of drug-likeness (QED) is 0.425. The second-order valence-corrected chi connectivity index (χ2v) is 11.4. The van der Waals surface area contributed by atoms with Gasteiger partial charge in [-0.05, 0) is 63.8 Å². The van der Waals surface area contributed by atoms with Crippen molar-refractivity contribution in [2.75, 3.05) is 25.5 Å². The molecule has 4 heterocycles. The van der Waals surface area contributed by atoms with Gasteiger partial charge in [0.15, 0.2) is 5.69 Å². The van der Waals surface area contributed by atoms with Crippen LogP contribution >= 0.6 is 0 Å². The van der Waals surface area contributed by atoms with E-state index in [2.05, 4.69) is 33.0 Å². The Kier molecular flexibility index (Phi) is 8.53. The number of carbonyl (C=O) groups is 4. The Bertz CT molecular complexity index is 1250. The summed E-state index contributed by atoms with van der Waals surface area (Å²) in [5, 5.41) is 21.1. The van der Waals surface area contributed by atoms with E-state index in [1.165, 1.54) is 4.68 Å². The highest BCUT2D eigenvalue weighted by atomic mass is 16.3. The van der Waals surface area contributed by atoms with Crippen molar-refractivity contribution < 1.29 is 24.3 Å². The van der Waals surface area contributed by atoms with Crippen molar-refractivity contribution >= 4 is 41.0 Å². The number of carboxylic acid groups (broad SMARTS) is 1. The average Bonchev–Trinajstić information content (AvgIpc) is 3.71. The number of carbonyl (C=O) groups excluding carboxylic acids is 3. The van der Waals surface area contributed by atoms with Crippen molar-refractivity contribution in [3.63, 3.8) is 0 Å². The normalized spacial score (nSPS) is 23.1. The van der Waals surface area contributed by atoms with Crippen LogP contribution in [0, 0.1) is 0 Å². The van der Waals surface area contributed by atoms with Crippen LogP contribution in [0.15, 0.2) is 18.2 Å². The van der Waals surface area contributed by atoms with E-state index in [0.717, 1.165) is 70.8 Å². The number of hydrogen-bond donors (Lipinski definition) is 4. The molecule has 4 N–H and O–H groups in total. The molecule has 0 spiro atoms. The number of hydrogen-bond acceptors (Lipinski definition) is 6. The standard InChI is InChI=1S/C27H37N7O3.CH2O2/c1-32-15-21-12-11-20(32)16-33(21)25(35)24-22-14-19(29-26(36)28-17-6-2-3-7-17)10-13-23(22)34(31-24)27(37)30-18-8-4-5-9-18;2-1-3/h10,13-14,17-18,20-21H,2-9,11-12,15-16H2,1H3,(H,30,37)(H2,28,29,36);1H,(H,2,3). The number of rotatable bonds is 4.